The van der Waals surface area contributed by atoms with E-state index in [0.29, 0.717) is 36.6 Å². The molecule has 0 bridgehead atoms. The number of amides is 1. The van der Waals surface area contributed by atoms with Gasteiger partial charge in [0.2, 0.25) is 5.91 Å². The molecule has 3 nitrogen and oxygen atoms in total. The molecule has 2 aliphatic rings. The third-order valence-corrected chi connectivity index (χ3v) is 5.57. The Morgan fingerprint density at radius 3 is 2.77 bits per heavy atom. The highest BCUT2D eigenvalue weighted by molar-refractivity contribution is 6.31. The second-order valence-corrected chi connectivity index (χ2v) is 7.30. The minimum Gasteiger partial charge on any atom is -0.333 e. The second-order valence-electron chi connectivity index (χ2n) is 6.89. The summed E-state index contributed by atoms with van der Waals surface area (Å²) in [5, 5.41) is 3.63. The van der Waals surface area contributed by atoms with E-state index in [4.69, 9.17) is 11.6 Å². The molecule has 0 radical (unpaired) electrons. The van der Waals surface area contributed by atoms with Crippen LogP contribution in [0.4, 0.5) is 8.78 Å². The van der Waals surface area contributed by atoms with Gasteiger partial charge in [-0.1, -0.05) is 29.8 Å². The molecule has 1 N–H and O–H groups in total. The van der Waals surface area contributed by atoms with Crippen molar-refractivity contribution in [3.63, 3.8) is 0 Å². The van der Waals surface area contributed by atoms with Gasteiger partial charge >= 0.3 is 0 Å². The topological polar surface area (TPSA) is 32.3 Å². The molecule has 4 rings (SSSR count). The maximum Gasteiger partial charge on any atom is 0.226 e. The number of carbonyl (C=O) groups is 1. The number of hydrogen-bond acceptors (Lipinski definition) is 2. The van der Waals surface area contributed by atoms with Gasteiger partial charge in [0, 0.05) is 42.1 Å². The minimum absolute atomic E-state index is 0.00918. The van der Waals surface area contributed by atoms with Crippen molar-refractivity contribution in [1.82, 2.24) is 10.2 Å². The number of nitrogens with one attached hydrogen (secondary N) is 1. The van der Waals surface area contributed by atoms with E-state index in [1.807, 2.05) is 6.07 Å². The van der Waals surface area contributed by atoms with E-state index < -0.39 is 0 Å². The van der Waals surface area contributed by atoms with Gasteiger partial charge in [-0.2, -0.15) is 0 Å². The molecule has 3 atom stereocenters. The molecule has 3 unspecified atom stereocenters. The highest BCUT2D eigenvalue weighted by Gasteiger charge is 2.49. The molecular weight excluding hydrogens is 358 g/mol. The first-order valence-electron chi connectivity index (χ1n) is 8.77. The van der Waals surface area contributed by atoms with Crippen LogP contribution in [0.2, 0.25) is 5.02 Å². The summed E-state index contributed by atoms with van der Waals surface area (Å²) in [5.41, 5.74) is 1.21. The summed E-state index contributed by atoms with van der Waals surface area (Å²) in [7, 11) is 0. The van der Waals surface area contributed by atoms with Crippen LogP contribution in [-0.2, 0) is 4.79 Å². The Balaban J connectivity index is 1.55. The lowest BCUT2D eigenvalue weighted by atomic mass is 10.0. The summed E-state index contributed by atoms with van der Waals surface area (Å²) in [6.45, 7) is 1.82. The van der Waals surface area contributed by atoms with Gasteiger partial charge in [-0.25, -0.2) is 8.78 Å². The van der Waals surface area contributed by atoms with Gasteiger partial charge in [0.05, 0.1) is 6.04 Å². The summed E-state index contributed by atoms with van der Waals surface area (Å²) < 4.78 is 27.8. The normalized spacial score (nSPS) is 25.2. The van der Waals surface area contributed by atoms with E-state index >= 15 is 0 Å². The van der Waals surface area contributed by atoms with Gasteiger partial charge in [-0.05, 0) is 36.2 Å². The van der Waals surface area contributed by atoms with E-state index in [9.17, 15) is 13.6 Å². The summed E-state index contributed by atoms with van der Waals surface area (Å²) in [4.78, 5) is 14.9. The van der Waals surface area contributed by atoms with Crippen LogP contribution >= 0.6 is 11.6 Å². The fourth-order valence-corrected chi connectivity index (χ4v) is 4.15. The number of halogens is 3. The predicted octanol–water partition coefficient (Wildman–Crippen LogP) is 3.89. The van der Waals surface area contributed by atoms with Crippen molar-refractivity contribution < 1.29 is 13.6 Å². The Kier molecular flexibility index (Phi) is 4.67. The van der Waals surface area contributed by atoms with Crippen molar-refractivity contribution >= 4 is 17.5 Å². The quantitative estimate of drug-likeness (QED) is 0.881. The standard InChI is InChI=1S/C20H19ClF2N2O/c21-16-5-2-6-17(23)19(16)14-10-15(14)20(26)25-8-7-24-11-18(25)12-3-1-4-13(22)9-12/h1-6,9,14-15,18,24H,7-8,10-11H2. The van der Waals surface area contributed by atoms with Crippen molar-refractivity contribution in [1.29, 1.82) is 0 Å². The predicted molar refractivity (Wildman–Crippen MR) is 96.0 cm³/mol. The zero-order chi connectivity index (χ0) is 18.3. The molecule has 6 heteroatoms. The maximum absolute atomic E-state index is 14.1. The van der Waals surface area contributed by atoms with Gasteiger partial charge in [-0.15, -0.1) is 0 Å². The first-order chi connectivity index (χ1) is 12.6. The largest absolute Gasteiger partial charge is 0.333 e. The summed E-state index contributed by atoms with van der Waals surface area (Å²) in [6.07, 6.45) is 0.597. The zero-order valence-electron chi connectivity index (χ0n) is 14.1. The van der Waals surface area contributed by atoms with Crippen LogP contribution in [-0.4, -0.2) is 30.4 Å². The van der Waals surface area contributed by atoms with Crippen molar-refractivity contribution in [3.8, 4) is 0 Å². The first-order valence-corrected chi connectivity index (χ1v) is 9.14. The van der Waals surface area contributed by atoms with Gasteiger partial charge in [0.1, 0.15) is 11.6 Å². The van der Waals surface area contributed by atoms with E-state index in [1.54, 1.807) is 23.1 Å². The minimum atomic E-state index is -0.361. The van der Waals surface area contributed by atoms with Crippen molar-refractivity contribution in [3.05, 3.63) is 70.2 Å². The number of rotatable bonds is 3. The molecule has 2 fully saturated rings. The van der Waals surface area contributed by atoms with E-state index in [2.05, 4.69) is 5.32 Å². The van der Waals surface area contributed by atoms with Gasteiger partial charge < -0.3 is 10.2 Å². The van der Waals surface area contributed by atoms with Crippen LogP contribution in [0.15, 0.2) is 42.5 Å². The van der Waals surface area contributed by atoms with Crippen LogP contribution in [0.25, 0.3) is 0 Å². The number of carbonyl (C=O) groups excluding carboxylic acids is 1. The molecular formula is C20H19ClF2N2O. The number of hydrogen-bond donors (Lipinski definition) is 1. The van der Waals surface area contributed by atoms with Crippen molar-refractivity contribution in [2.24, 2.45) is 5.92 Å². The number of nitrogens with zero attached hydrogens (tertiary/aromatic N) is 1. The lowest BCUT2D eigenvalue weighted by Gasteiger charge is -2.37. The summed E-state index contributed by atoms with van der Waals surface area (Å²) >= 11 is 6.15. The average molecular weight is 377 g/mol. The van der Waals surface area contributed by atoms with E-state index in [-0.39, 0.29) is 35.4 Å². The number of piperazine rings is 1. The summed E-state index contributed by atoms with van der Waals surface area (Å²) in [5.74, 6) is -1.13. The Morgan fingerprint density at radius 2 is 2.00 bits per heavy atom. The average Bonchev–Trinajstić information content (AvgIpc) is 3.41. The second kappa shape index (κ2) is 6.97. The van der Waals surface area contributed by atoms with Crippen LogP contribution in [0.5, 0.6) is 0 Å². The highest BCUT2D eigenvalue weighted by atomic mass is 35.5. The van der Waals surface area contributed by atoms with Crippen LogP contribution in [0, 0.1) is 17.6 Å². The molecule has 2 aromatic carbocycles. The molecule has 0 spiro atoms. The molecule has 1 amide bonds. The molecule has 0 aromatic heterocycles. The highest BCUT2D eigenvalue weighted by Crippen LogP contribution is 2.52. The van der Waals surface area contributed by atoms with Gasteiger partial charge in [0.25, 0.3) is 0 Å². The van der Waals surface area contributed by atoms with Crippen molar-refractivity contribution in [2.75, 3.05) is 19.6 Å². The third kappa shape index (κ3) is 3.21. The van der Waals surface area contributed by atoms with Crippen LogP contribution < -0.4 is 5.32 Å². The van der Waals surface area contributed by atoms with Crippen molar-refractivity contribution in [2.45, 2.75) is 18.4 Å². The van der Waals surface area contributed by atoms with E-state index in [0.717, 1.165) is 5.56 Å². The Labute approximate surface area is 156 Å². The smallest absolute Gasteiger partial charge is 0.226 e. The molecule has 136 valence electrons. The molecule has 1 saturated heterocycles. The van der Waals surface area contributed by atoms with Gasteiger partial charge in [0.15, 0.2) is 0 Å². The van der Waals surface area contributed by atoms with Gasteiger partial charge in [-0.3, -0.25) is 4.79 Å². The van der Waals surface area contributed by atoms with Crippen LogP contribution in [0.1, 0.15) is 29.5 Å². The molecule has 26 heavy (non-hydrogen) atoms. The molecule has 1 saturated carbocycles. The zero-order valence-corrected chi connectivity index (χ0v) is 14.8. The van der Waals surface area contributed by atoms with E-state index in [1.165, 1.54) is 18.2 Å². The Morgan fingerprint density at radius 1 is 1.19 bits per heavy atom. The molecule has 1 aliphatic carbocycles. The SMILES string of the molecule is O=C(C1CC1c1c(F)cccc1Cl)N1CCNCC1c1cccc(F)c1. The lowest BCUT2D eigenvalue weighted by Crippen LogP contribution is -2.49. The first kappa shape index (κ1) is 17.4. The molecule has 1 aliphatic heterocycles. The monoisotopic (exact) mass is 376 g/mol. The summed E-state index contributed by atoms with van der Waals surface area (Å²) in [6, 6.07) is 10.7. The Bertz CT molecular complexity index is 824. The third-order valence-electron chi connectivity index (χ3n) is 5.24. The lowest BCUT2D eigenvalue weighted by molar-refractivity contribution is -0.136. The number of benzene rings is 2. The fourth-order valence-electron chi connectivity index (χ4n) is 3.84. The molecule has 2 aromatic rings. The van der Waals surface area contributed by atoms with Crippen LogP contribution in [0.3, 0.4) is 0 Å². The Hall–Kier alpha value is -1.98. The fraction of sp³-hybridized carbons (Fsp3) is 0.350. The maximum atomic E-state index is 14.1. The molecule has 1 heterocycles.